The van der Waals surface area contributed by atoms with Crippen molar-refractivity contribution >= 4 is 35.3 Å². The molecule has 1 amide bonds. The van der Waals surface area contributed by atoms with E-state index in [1.807, 2.05) is 69.3 Å². The number of hydrogen-bond acceptors (Lipinski definition) is 9. The second kappa shape index (κ2) is 16.3. The number of aromatic nitrogens is 2. The van der Waals surface area contributed by atoms with Gasteiger partial charge in [-0.1, -0.05) is 41.4 Å². The van der Waals surface area contributed by atoms with Gasteiger partial charge in [0.1, 0.15) is 11.4 Å². The molecule has 260 valence electrons. The summed E-state index contributed by atoms with van der Waals surface area (Å²) in [5.74, 6) is -0.152. The lowest BCUT2D eigenvalue weighted by molar-refractivity contribution is -0.139. The predicted molar refractivity (Wildman–Crippen MR) is 189 cm³/mol. The van der Waals surface area contributed by atoms with Crippen molar-refractivity contribution < 1.29 is 34.0 Å². The first kappa shape index (κ1) is 37.4. The number of aliphatic hydroxyl groups excluding tert-OH is 1. The number of carboxylic acids is 1. The quantitative estimate of drug-likeness (QED) is 0.132. The van der Waals surface area contributed by atoms with E-state index in [9.17, 15) is 14.7 Å². The van der Waals surface area contributed by atoms with Crippen LogP contribution in [0.15, 0.2) is 60.8 Å². The third-order valence-electron chi connectivity index (χ3n) is 7.29. The van der Waals surface area contributed by atoms with Gasteiger partial charge in [-0.15, -0.1) is 0 Å². The Kier molecular flexibility index (Phi) is 12.5. The number of benzene rings is 2. The number of halogens is 2. The van der Waals surface area contributed by atoms with E-state index in [4.69, 9.17) is 47.5 Å². The van der Waals surface area contributed by atoms with Crippen molar-refractivity contribution in [2.24, 2.45) is 0 Å². The standard InChI is InChI=1S/C36H40Cl2N4O7/c1-36(2,3)49-35(46)42(4)20-22-10-11-29(41-34(22)48-6)28-9-7-8-26(31(28)37)27-12-13-40-33(32(27)38)23-14-21(15-25(16-23)47-5)18-39-19-24(43)17-30(44)45/h7-16,24,39,43H,17-20H2,1-6H3,(H,44,45). The Morgan fingerprint density at radius 3 is 2.37 bits per heavy atom. The number of nitrogens with zero attached hydrogens (tertiary/aromatic N) is 3. The molecule has 3 N–H and O–H groups in total. The fraction of sp³-hybridized carbons (Fsp3) is 0.333. The SMILES string of the molecule is COc1cc(CNCC(O)CC(=O)O)cc(-c2nccc(-c3cccc(-c4ccc(CN(C)C(=O)OC(C)(C)C)c(OC)n4)c3Cl)c2Cl)c1. The van der Waals surface area contributed by atoms with E-state index < -0.39 is 23.8 Å². The molecule has 0 radical (unpaired) electrons. The van der Waals surface area contributed by atoms with Crippen molar-refractivity contribution in [3.05, 3.63) is 82.0 Å². The number of rotatable bonds is 13. The number of ether oxygens (including phenoxy) is 3. The average molecular weight is 712 g/mol. The van der Waals surface area contributed by atoms with Crippen molar-refractivity contribution in [2.75, 3.05) is 27.8 Å². The maximum atomic E-state index is 12.5. The van der Waals surface area contributed by atoms with Gasteiger partial charge in [0, 0.05) is 54.2 Å². The van der Waals surface area contributed by atoms with Gasteiger partial charge in [-0.05, 0) is 62.7 Å². The number of nitrogens with one attached hydrogen (secondary N) is 1. The van der Waals surface area contributed by atoms with Gasteiger partial charge < -0.3 is 34.6 Å². The molecule has 1 unspecified atom stereocenters. The molecular formula is C36H40Cl2N4O7. The molecule has 4 aromatic rings. The third kappa shape index (κ3) is 9.82. The molecule has 0 spiro atoms. The van der Waals surface area contributed by atoms with Crippen LogP contribution in [0, 0.1) is 0 Å². The molecule has 4 rings (SSSR count). The topological polar surface area (TPSA) is 143 Å². The second-order valence-electron chi connectivity index (χ2n) is 12.3. The van der Waals surface area contributed by atoms with Gasteiger partial charge in [-0.3, -0.25) is 9.78 Å². The first-order valence-corrected chi connectivity index (χ1v) is 16.2. The molecule has 2 aromatic carbocycles. The van der Waals surface area contributed by atoms with Crippen molar-refractivity contribution in [1.29, 1.82) is 0 Å². The molecule has 49 heavy (non-hydrogen) atoms. The van der Waals surface area contributed by atoms with Crippen LogP contribution in [0.3, 0.4) is 0 Å². The lowest BCUT2D eigenvalue weighted by atomic mass is 9.99. The summed E-state index contributed by atoms with van der Waals surface area (Å²) in [5.41, 5.74) is 4.63. The number of carbonyl (C=O) groups excluding carboxylic acids is 1. The van der Waals surface area contributed by atoms with Gasteiger partial charge in [0.05, 0.1) is 54.7 Å². The minimum atomic E-state index is -1.07. The maximum Gasteiger partial charge on any atom is 0.410 e. The molecular weight excluding hydrogens is 671 g/mol. The number of hydrogen-bond donors (Lipinski definition) is 3. The zero-order chi connectivity index (χ0) is 35.9. The van der Waals surface area contributed by atoms with Gasteiger partial charge in [-0.2, -0.15) is 0 Å². The molecule has 0 aliphatic rings. The average Bonchev–Trinajstić information content (AvgIpc) is 3.04. The minimum Gasteiger partial charge on any atom is -0.497 e. The van der Waals surface area contributed by atoms with Crippen LogP contribution >= 0.6 is 23.2 Å². The van der Waals surface area contributed by atoms with Gasteiger partial charge >= 0.3 is 12.1 Å². The van der Waals surface area contributed by atoms with Crippen LogP contribution in [0.25, 0.3) is 33.6 Å². The molecule has 0 fully saturated rings. The summed E-state index contributed by atoms with van der Waals surface area (Å²) < 4.78 is 16.6. The molecule has 0 saturated heterocycles. The Balaban J connectivity index is 1.63. The monoisotopic (exact) mass is 710 g/mol. The van der Waals surface area contributed by atoms with Gasteiger partial charge in [-0.25, -0.2) is 9.78 Å². The van der Waals surface area contributed by atoms with E-state index in [-0.39, 0.29) is 19.5 Å². The first-order chi connectivity index (χ1) is 23.2. The fourth-order valence-electron chi connectivity index (χ4n) is 5.04. The summed E-state index contributed by atoms with van der Waals surface area (Å²) >= 11 is 14.1. The van der Waals surface area contributed by atoms with E-state index in [1.54, 1.807) is 26.4 Å². The minimum absolute atomic E-state index is 0.106. The van der Waals surface area contributed by atoms with Gasteiger partial charge in [0.25, 0.3) is 0 Å². The Labute approximate surface area is 295 Å². The summed E-state index contributed by atoms with van der Waals surface area (Å²) in [7, 11) is 4.72. The summed E-state index contributed by atoms with van der Waals surface area (Å²) in [4.78, 5) is 34.1. The van der Waals surface area contributed by atoms with Crippen LogP contribution < -0.4 is 14.8 Å². The summed E-state index contributed by atoms with van der Waals surface area (Å²) in [6.07, 6.45) is -0.181. The normalized spacial score (nSPS) is 11.9. The lowest BCUT2D eigenvalue weighted by Gasteiger charge is -2.25. The maximum absolute atomic E-state index is 12.5. The number of aliphatic carboxylic acids is 1. The lowest BCUT2D eigenvalue weighted by Crippen LogP contribution is -2.33. The first-order valence-electron chi connectivity index (χ1n) is 15.4. The van der Waals surface area contributed by atoms with Crippen LogP contribution in [0.1, 0.15) is 38.3 Å². The largest absolute Gasteiger partial charge is 0.497 e. The molecule has 0 saturated carbocycles. The van der Waals surface area contributed by atoms with Crippen molar-refractivity contribution in [1.82, 2.24) is 20.2 Å². The van der Waals surface area contributed by atoms with E-state index in [1.165, 1.54) is 12.0 Å². The highest BCUT2D eigenvalue weighted by Crippen LogP contribution is 2.42. The smallest absolute Gasteiger partial charge is 0.410 e. The molecule has 0 aliphatic carbocycles. The highest BCUT2D eigenvalue weighted by molar-refractivity contribution is 6.39. The van der Waals surface area contributed by atoms with Crippen LogP contribution in [0.5, 0.6) is 11.6 Å². The molecule has 2 aromatic heterocycles. The fourth-order valence-corrected chi connectivity index (χ4v) is 5.69. The Bertz CT molecular complexity index is 1810. The molecule has 11 nitrogen and oxygen atoms in total. The third-order valence-corrected chi connectivity index (χ3v) is 8.08. The summed E-state index contributed by atoms with van der Waals surface area (Å²) in [5, 5.41) is 22.7. The van der Waals surface area contributed by atoms with E-state index in [2.05, 4.69) is 10.3 Å². The molecule has 0 aliphatic heterocycles. The highest BCUT2D eigenvalue weighted by Gasteiger charge is 2.22. The zero-order valence-corrected chi connectivity index (χ0v) is 29.7. The van der Waals surface area contributed by atoms with Crippen LogP contribution in [0.2, 0.25) is 10.0 Å². The predicted octanol–water partition coefficient (Wildman–Crippen LogP) is 7.09. The van der Waals surface area contributed by atoms with Crippen molar-refractivity contribution in [3.63, 3.8) is 0 Å². The van der Waals surface area contributed by atoms with Crippen molar-refractivity contribution in [3.8, 4) is 45.3 Å². The second-order valence-corrected chi connectivity index (χ2v) is 13.1. The van der Waals surface area contributed by atoms with E-state index in [0.717, 1.165) is 5.56 Å². The van der Waals surface area contributed by atoms with Gasteiger partial charge in [0.15, 0.2) is 0 Å². The number of pyridine rings is 2. The van der Waals surface area contributed by atoms with E-state index in [0.29, 0.717) is 67.4 Å². The Hall–Kier alpha value is -4.42. The summed E-state index contributed by atoms with van der Waals surface area (Å²) in [6.45, 7) is 6.11. The van der Waals surface area contributed by atoms with Crippen LogP contribution in [-0.2, 0) is 22.6 Å². The summed E-state index contributed by atoms with van der Waals surface area (Å²) in [6, 6.07) is 16.6. The highest BCUT2D eigenvalue weighted by atomic mass is 35.5. The molecule has 0 bridgehead atoms. The number of carboxylic acid groups (broad SMARTS) is 1. The molecule has 13 heteroatoms. The number of carbonyl (C=O) groups is 2. The molecule has 2 heterocycles. The van der Waals surface area contributed by atoms with Crippen LogP contribution in [0.4, 0.5) is 4.79 Å². The molecule has 1 atom stereocenters. The number of methoxy groups -OCH3 is 2. The van der Waals surface area contributed by atoms with Gasteiger partial charge in [0.2, 0.25) is 5.88 Å². The Morgan fingerprint density at radius 2 is 1.69 bits per heavy atom. The van der Waals surface area contributed by atoms with Crippen molar-refractivity contribution in [2.45, 2.75) is 52.0 Å². The van der Waals surface area contributed by atoms with Crippen LogP contribution in [-0.4, -0.2) is 76.7 Å². The number of amides is 1. The number of aliphatic hydroxyl groups is 1. The van der Waals surface area contributed by atoms with E-state index >= 15 is 0 Å². The zero-order valence-electron chi connectivity index (χ0n) is 28.2. The Morgan fingerprint density at radius 1 is 0.980 bits per heavy atom.